The van der Waals surface area contributed by atoms with E-state index in [0.29, 0.717) is 60.6 Å². The minimum Gasteiger partial charge on any atom is -0.490 e. The summed E-state index contributed by atoms with van der Waals surface area (Å²) in [7, 11) is 1.76. The summed E-state index contributed by atoms with van der Waals surface area (Å²) >= 11 is 0. The van der Waals surface area contributed by atoms with Crippen LogP contribution in [0.5, 0.6) is 23.0 Å². The molecule has 0 aliphatic rings. The molecule has 0 unspecified atom stereocenters. The Morgan fingerprint density at radius 2 is 1.04 bits per heavy atom. The van der Waals surface area contributed by atoms with Gasteiger partial charge >= 0.3 is 5.69 Å². The highest BCUT2D eigenvalue weighted by Crippen LogP contribution is 2.31. The van der Waals surface area contributed by atoms with Gasteiger partial charge in [-0.2, -0.15) is 0 Å². The molecule has 0 saturated carbocycles. The fraction of sp³-hybridized carbons (Fsp3) is 0.528. The van der Waals surface area contributed by atoms with E-state index in [1.807, 2.05) is 36.4 Å². The molecule has 4 rings (SSSR count). The van der Waals surface area contributed by atoms with Crippen LogP contribution in [-0.2, 0) is 20.1 Å². The van der Waals surface area contributed by atoms with Crippen molar-refractivity contribution in [1.82, 2.24) is 18.7 Å². The third-order valence-corrected chi connectivity index (χ3v) is 7.80. The predicted octanol–water partition coefficient (Wildman–Crippen LogP) is 6.71. The molecule has 10 heteroatoms. The van der Waals surface area contributed by atoms with Crippen LogP contribution >= 0.6 is 0 Å². The Labute approximate surface area is 271 Å². The summed E-state index contributed by atoms with van der Waals surface area (Å²) in [5.41, 5.74) is 1.47. The lowest BCUT2D eigenvalue weighted by molar-refractivity contribution is 0.261. The third kappa shape index (κ3) is 8.73. The standard InChI is InChI=1S/C36H50N4O6/c1-6-10-18-43-29-16-14-27(22-31(29)45-20-12-8-3)24-39-34-33(38(5)26-37-34)35(41)40(36(39)42)25-28-15-17-30(44-19-11-7-2)32(23-28)46-21-13-9-4/h14-17,22-23,26H,6-13,18-21,24-25H2,1-5H3. The Hall–Kier alpha value is -4.21. The molecule has 0 radical (unpaired) electrons. The molecule has 0 N–H and O–H groups in total. The van der Waals surface area contributed by atoms with Crippen molar-refractivity contribution < 1.29 is 18.9 Å². The second-order valence-corrected chi connectivity index (χ2v) is 11.7. The minimum absolute atomic E-state index is 0.0771. The smallest absolute Gasteiger partial charge is 0.333 e. The first-order valence-electron chi connectivity index (χ1n) is 16.8. The molecule has 2 heterocycles. The normalized spacial score (nSPS) is 11.2. The van der Waals surface area contributed by atoms with Crippen LogP contribution in [0.2, 0.25) is 0 Å². The van der Waals surface area contributed by atoms with E-state index in [1.54, 1.807) is 22.5 Å². The lowest BCUT2D eigenvalue weighted by Gasteiger charge is -2.16. The van der Waals surface area contributed by atoms with Crippen LogP contribution in [0.25, 0.3) is 11.2 Å². The van der Waals surface area contributed by atoms with Crippen molar-refractivity contribution in [2.45, 2.75) is 92.2 Å². The van der Waals surface area contributed by atoms with Gasteiger partial charge in [-0.1, -0.05) is 65.5 Å². The lowest BCUT2D eigenvalue weighted by atomic mass is 10.2. The summed E-state index contributed by atoms with van der Waals surface area (Å²) in [6.45, 7) is 11.1. The number of imidazole rings is 1. The molecule has 0 bridgehead atoms. The Morgan fingerprint density at radius 1 is 0.609 bits per heavy atom. The van der Waals surface area contributed by atoms with Crippen LogP contribution in [0, 0.1) is 0 Å². The van der Waals surface area contributed by atoms with E-state index in [2.05, 4.69) is 32.7 Å². The van der Waals surface area contributed by atoms with Crippen LogP contribution in [0.15, 0.2) is 52.3 Å². The molecule has 0 spiro atoms. The van der Waals surface area contributed by atoms with E-state index < -0.39 is 11.2 Å². The van der Waals surface area contributed by atoms with Crippen LogP contribution in [-0.4, -0.2) is 45.1 Å². The Bertz CT molecular complexity index is 1670. The van der Waals surface area contributed by atoms with Crippen molar-refractivity contribution in [3.05, 3.63) is 74.7 Å². The monoisotopic (exact) mass is 634 g/mol. The maximum atomic E-state index is 14.1. The first kappa shape index (κ1) is 34.7. The summed E-state index contributed by atoms with van der Waals surface area (Å²) in [5, 5.41) is 0. The Morgan fingerprint density at radius 3 is 1.50 bits per heavy atom. The van der Waals surface area contributed by atoms with Crippen LogP contribution < -0.4 is 30.2 Å². The summed E-state index contributed by atoms with van der Waals surface area (Å²) in [5.74, 6) is 2.62. The largest absolute Gasteiger partial charge is 0.490 e. The first-order chi connectivity index (χ1) is 22.4. The van der Waals surface area contributed by atoms with E-state index in [1.165, 1.54) is 4.57 Å². The van der Waals surface area contributed by atoms with Crippen LogP contribution in [0.1, 0.15) is 90.2 Å². The zero-order valence-electron chi connectivity index (χ0n) is 28.2. The predicted molar refractivity (Wildman–Crippen MR) is 182 cm³/mol. The molecule has 0 amide bonds. The van der Waals surface area contributed by atoms with Gasteiger partial charge in [0.25, 0.3) is 5.56 Å². The van der Waals surface area contributed by atoms with Gasteiger partial charge in [-0.25, -0.2) is 9.78 Å². The van der Waals surface area contributed by atoms with Gasteiger partial charge in [-0.15, -0.1) is 0 Å². The number of rotatable bonds is 20. The van der Waals surface area contributed by atoms with Crippen LogP contribution in [0.4, 0.5) is 0 Å². The number of unbranched alkanes of at least 4 members (excludes halogenated alkanes) is 4. The molecule has 2 aromatic carbocycles. The van der Waals surface area contributed by atoms with Crippen molar-refractivity contribution >= 4 is 11.2 Å². The van der Waals surface area contributed by atoms with E-state index in [9.17, 15) is 9.59 Å². The fourth-order valence-corrected chi connectivity index (χ4v) is 5.03. The molecule has 0 aliphatic carbocycles. The second-order valence-electron chi connectivity index (χ2n) is 11.7. The van der Waals surface area contributed by atoms with Gasteiger partial charge in [0, 0.05) is 7.05 Å². The molecular formula is C36H50N4O6. The van der Waals surface area contributed by atoms with Crippen molar-refractivity contribution in [3.63, 3.8) is 0 Å². The molecule has 46 heavy (non-hydrogen) atoms. The highest BCUT2D eigenvalue weighted by Gasteiger charge is 2.19. The lowest BCUT2D eigenvalue weighted by Crippen LogP contribution is -2.41. The van der Waals surface area contributed by atoms with Crippen molar-refractivity contribution in [3.8, 4) is 23.0 Å². The zero-order valence-corrected chi connectivity index (χ0v) is 28.2. The van der Waals surface area contributed by atoms with E-state index in [0.717, 1.165) is 62.5 Å². The summed E-state index contributed by atoms with van der Waals surface area (Å²) in [4.78, 5) is 32.3. The Kier molecular flexibility index (Phi) is 13.2. The third-order valence-electron chi connectivity index (χ3n) is 7.80. The van der Waals surface area contributed by atoms with Gasteiger partial charge < -0.3 is 23.5 Å². The zero-order chi connectivity index (χ0) is 32.9. The molecule has 0 fully saturated rings. The van der Waals surface area contributed by atoms with Gasteiger partial charge in [-0.3, -0.25) is 13.9 Å². The number of fused-ring (bicyclic) bond motifs is 1. The molecule has 10 nitrogen and oxygen atoms in total. The highest BCUT2D eigenvalue weighted by atomic mass is 16.5. The number of aromatic nitrogens is 4. The summed E-state index contributed by atoms with van der Waals surface area (Å²) < 4.78 is 28.7. The maximum Gasteiger partial charge on any atom is 0.333 e. The highest BCUT2D eigenvalue weighted by molar-refractivity contribution is 5.70. The van der Waals surface area contributed by atoms with E-state index in [-0.39, 0.29) is 13.1 Å². The number of ether oxygens (including phenoxy) is 4. The van der Waals surface area contributed by atoms with Crippen molar-refractivity contribution in [2.75, 3.05) is 26.4 Å². The Balaban J connectivity index is 1.71. The number of hydrogen-bond acceptors (Lipinski definition) is 7. The minimum atomic E-state index is -0.440. The molecule has 0 atom stereocenters. The van der Waals surface area contributed by atoms with E-state index >= 15 is 0 Å². The molecular weight excluding hydrogens is 584 g/mol. The van der Waals surface area contributed by atoms with Crippen molar-refractivity contribution in [2.24, 2.45) is 7.05 Å². The topological polar surface area (TPSA) is 98.7 Å². The average molecular weight is 635 g/mol. The molecule has 0 saturated heterocycles. The van der Waals surface area contributed by atoms with E-state index in [4.69, 9.17) is 18.9 Å². The summed E-state index contributed by atoms with van der Waals surface area (Å²) in [6.07, 6.45) is 9.38. The van der Waals surface area contributed by atoms with Gasteiger partial charge in [0.05, 0.1) is 45.8 Å². The SMILES string of the molecule is CCCCOc1ccc(Cn2c(=O)c3c(ncn3C)n(Cc3ccc(OCCCC)c(OCCCC)c3)c2=O)cc1OCCCC. The van der Waals surface area contributed by atoms with Gasteiger partial charge in [0.15, 0.2) is 34.2 Å². The molecule has 250 valence electrons. The number of aryl methyl sites for hydroxylation is 1. The summed E-state index contributed by atoms with van der Waals surface area (Å²) in [6, 6.07) is 11.4. The number of hydrogen-bond donors (Lipinski definition) is 0. The molecule has 2 aromatic heterocycles. The fourth-order valence-electron chi connectivity index (χ4n) is 5.03. The molecule has 4 aromatic rings. The number of benzene rings is 2. The first-order valence-corrected chi connectivity index (χ1v) is 16.8. The van der Waals surface area contributed by atoms with Gasteiger partial charge in [-0.05, 0) is 61.1 Å². The molecule has 0 aliphatic heterocycles. The van der Waals surface area contributed by atoms with Crippen LogP contribution in [0.3, 0.4) is 0 Å². The van der Waals surface area contributed by atoms with Gasteiger partial charge in [0.1, 0.15) is 0 Å². The number of nitrogens with zero attached hydrogens (tertiary/aromatic N) is 4. The average Bonchev–Trinajstić information content (AvgIpc) is 3.44. The van der Waals surface area contributed by atoms with Gasteiger partial charge in [0.2, 0.25) is 0 Å². The second kappa shape index (κ2) is 17.5. The quantitative estimate of drug-likeness (QED) is 0.0997. The van der Waals surface area contributed by atoms with Crippen molar-refractivity contribution in [1.29, 1.82) is 0 Å². The maximum absolute atomic E-state index is 14.1.